The van der Waals surface area contributed by atoms with Crippen molar-refractivity contribution in [2.45, 2.75) is 25.6 Å². The number of primary amides is 1. The van der Waals surface area contributed by atoms with E-state index in [0.29, 0.717) is 0 Å². The highest BCUT2D eigenvalue weighted by Gasteiger charge is 2.52. The molecular weight excluding hydrogens is 292 g/mol. The first-order chi connectivity index (χ1) is 10.3. The standard InChI is InChI=1S/C14H14N2O6/c1-14(2)21-12(18)10(13(19)22-14)9(7(6-15)11(16)17)8-4-3-5-20-8/h3-5,7,9-10H,1-2H3,(H2,16,17). The molecular formula is C14H14N2O6. The molecule has 1 amide bonds. The van der Waals surface area contributed by atoms with Gasteiger partial charge >= 0.3 is 11.9 Å². The van der Waals surface area contributed by atoms with Crippen LogP contribution in [0.25, 0.3) is 0 Å². The van der Waals surface area contributed by atoms with Crippen molar-refractivity contribution >= 4 is 17.8 Å². The number of rotatable bonds is 4. The lowest BCUT2D eigenvalue weighted by molar-refractivity contribution is -0.241. The van der Waals surface area contributed by atoms with E-state index < -0.39 is 41.4 Å². The molecule has 0 saturated carbocycles. The van der Waals surface area contributed by atoms with Gasteiger partial charge in [0.25, 0.3) is 5.79 Å². The fraction of sp³-hybridized carbons (Fsp3) is 0.429. The third-order valence-electron chi connectivity index (χ3n) is 3.24. The van der Waals surface area contributed by atoms with Gasteiger partial charge in [-0.15, -0.1) is 0 Å². The number of nitriles is 1. The maximum atomic E-state index is 12.2. The van der Waals surface area contributed by atoms with Gasteiger partial charge in [0.1, 0.15) is 11.7 Å². The minimum atomic E-state index is -1.50. The van der Waals surface area contributed by atoms with Crippen LogP contribution in [-0.4, -0.2) is 23.6 Å². The Morgan fingerprint density at radius 1 is 1.36 bits per heavy atom. The van der Waals surface area contributed by atoms with Crippen molar-refractivity contribution in [3.05, 3.63) is 24.2 Å². The Balaban J connectivity index is 2.46. The molecule has 1 fully saturated rings. The summed E-state index contributed by atoms with van der Waals surface area (Å²) in [5.74, 6) is -8.25. The number of carbonyl (C=O) groups is 3. The van der Waals surface area contributed by atoms with E-state index in [4.69, 9.17) is 19.6 Å². The zero-order valence-corrected chi connectivity index (χ0v) is 11.9. The SMILES string of the molecule is CC1(C)OC(=O)C(C(c2ccco2)C(C#N)C(N)=O)C(=O)O1. The van der Waals surface area contributed by atoms with Crippen LogP contribution in [0.4, 0.5) is 0 Å². The second-order valence-electron chi connectivity index (χ2n) is 5.27. The lowest BCUT2D eigenvalue weighted by Crippen LogP contribution is -2.50. The van der Waals surface area contributed by atoms with Crippen LogP contribution in [0.1, 0.15) is 25.5 Å². The molecule has 2 rings (SSSR count). The summed E-state index contributed by atoms with van der Waals surface area (Å²) in [5, 5.41) is 9.17. The van der Waals surface area contributed by atoms with Crippen molar-refractivity contribution in [3.8, 4) is 6.07 Å². The number of furan rings is 1. The first-order valence-corrected chi connectivity index (χ1v) is 6.45. The highest BCUT2D eigenvalue weighted by Crippen LogP contribution is 2.38. The van der Waals surface area contributed by atoms with E-state index in [1.54, 1.807) is 6.07 Å². The summed E-state index contributed by atoms with van der Waals surface area (Å²) in [5.41, 5.74) is 5.20. The molecule has 2 heterocycles. The van der Waals surface area contributed by atoms with Crippen molar-refractivity contribution in [2.75, 3.05) is 0 Å². The predicted octanol–water partition coefficient (Wildman–Crippen LogP) is 0.441. The van der Waals surface area contributed by atoms with E-state index in [1.165, 1.54) is 32.2 Å². The number of esters is 2. The Hall–Kier alpha value is -2.82. The Morgan fingerprint density at radius 3 is 2.36 bits per heavy atom. The molecule has 0 spiro atoms. The van der Waals surface area contributed by atoms with Crippen LogP contribution in [-0.2, 0) is 23.9 Å². The largest absolute Gasteiger partial charge is 0.469 e. The van der Waals surface area contributed by atoms with Crippen LogP contribution in [0.15, 0.2) is 22.8 Å². The van der Waals surface area contributed by atoms with Crippen LogP contribution in [0.3, 0.4) is 0 Å². The minimum absolute atomic E-state index is 0.101. The molecule has 1 saturated heterocycles. The summed E-state index contributed by atoms with van der Waals surface area (Å²) < 4.78 is 15.2. The zero-order valence-electron chi connectivity index (χ0n) is 11.9. The molecule has 1 aliphatic heterocycles. The summed E-state index contributed by atoms with van der Waals surface area (Å²) in [6.45, 7) is 2.80. The molecule has 0 radical (unpaired) electrons. The minimum Gasteiger partial charge on any atom is -0.469 e. The predicted molar refractivity (Wildman–Crippen MR) is 69.5 cm³/mol. The third kappa shape index (κ3) is 2.79. The highest BCUT2D eigenvalue weighted by molar-refractivity contribution is 5.98. The average molecular weight is 306 g/mol. The molecule has 8 nitrogen and oxygen atoms in total. The quantitative estimate of drug-likeness (QED) is 0.630. The summed E-state index contributed by atoms with van der Waals surface area (Å²) >= 11 is 0. The van der Waals surface area contributed by atoms with Crippen molar-refractivity contribution in [2.24, 2.45) is 17.6 Å². The monoisotopic (exact) mass is 306 g/mol. The van der Waals surface area contributed by atoms with E-state index in [9.17, 15) is 19.6 Å². The zero-order chi connectivity index (χ0) is 16.5. The maximum absolute atomic E-state index is 12.2. The lowest BCUT2D eigenvalue weighted by Gasteiger charge is -2.35. The Bertz CT molecular complexity index is 623. The molecule has 1 aromatic rings. The van der Waals surface area contributed by atoms with Gasteiger partial charge in [-0.2, -0.15) is 5.26 Å². The number of amides is 1. The Labute approximate surface area is 125 Å². The molecule has 0 aromatic carbocycles. The topological polar surface area (TPSA) is 133 Å². The first kappa shape index (κ1) is 15.6. The molecule has 22 heavy (non-hydrogen) atoms. The lowest BCUT2D eigenvalue weighted by atomic mass is 9.79. The number of nitrogens with zero attached hydrogens (tertiary/aromatic N) is 1. The van der Waals surface area contributed by atoms with Gasteiger partial charge in [-0.05, 0) is 12.1 Å². The molecule has 1 aromatic heterocycles. The Morgan fingerprint density at radius 2 is 1.95 bits per heavy atom. The summed E-state index contributed by atoms with van der Waals surface area (Å²) in [7, 11) is 0. The van der Waals surface area contributed by atoms with Crippen LogP contribution in [0, 0.1) is 23.2 Å². The molecule has 2 atom stereocenters. The highest BCUT2D eigenvalue weighted by atomic mass is 16.7. The average Bonchev–Trinajstić information content (AvgIpc) is 2.88. The van der Waals surface area contributed by atoms with Gasteiger partial charge in [-0.3, -0.25) is 14.4 Å². The fourth-order valence-corrected chi connectivity index (χ4v) is 2.34. The Kier molecular flexibility index (Phi) is 3.91. The van der Waals surface area contributed by atoms with Gasteiger partial charge in [-0.1, -0.05) is 0 Å². The van der Waals surface area contributed by atoms with Crippen molar-refractivity contribution < 1.29 is 28.3 Å². The maximum Gasteiger partial charge on any atom is 0.324 e. The van der Waals surface area contributed by atoms with Crippen LogP contribution >= 0.6 is 0 Å². The summed E-state index contributed by atoms with van der Waals surface area (Å²) in [4.78, 5) is 35.9. The van der Waals surface area contributed by atoms with Crippen LogP contribution in [0.5, 0.6) is 0 Å². The number of cyclic esters (lactones) is 2. The summed E-state index contributed by atoms with van der Waals surface area (Å²) in [6.07, 6.45) is 1.29. The van der Waals surface area contributed by atoms with Crippen LogP contribution in [0.2, 0.25) is 0 Å². The van der Waals surface area contributed by atoms with E-state index >= 15 is 0 Å². The number of hydrogen-bond donors (Lipinski definition) is 1. The number of nitrogens with two attached hydrogens (primary N) is 1. The van der Waals surface area contributed by atoms with E-state index in [-0.39, 0.29) is 5.76 Å². The molecule has 116 valence electrons. The number of carbonyl (C=O) groups excluding carboxylic acids is 3. The molecule has 2 N–H and O–H groups in total. The number of hydrogen-bond acceptors (Lipinski definition) is 7. The van der Waals surface area contributed by atoms with Crippen molar-refractivity contribution in [3.63, 3.8) is 0 Å². The molecule has 0 aliphatic carbocycles. The molecule has 8 heteroatoms. The van der Waals surface area contributed by atoms with Gasteiger partial charge in [-0.25, -0.2) is 0 Å². The van der Waals surface area contributed by atoms with Gasteiger partial charge in [0.05, 0.1) is 18.3 Å². The third-order valence-corrected chi connectivity index (χ3v) is 3.24. The number of ether oxygens (including phenoxy) is 2. The van der Waals surface area contributed by atoms with E-state index in [2.05, 4.69) is 0 Å². The molecule has 0 bridgehead atoms. The molecule has 1 aliphatic rings. The fourth-order valence-electron chi connectivity index (χ4n) is 2.34. The van der Waals surface area contributed by atoms with Gasteiger partial charge in [0, 0.05) is 13.8 Å². The van der Waals surface area contributed by atoms with Crippen molar-refractivity contribution in [1.29, 1.82) is 5.26 Å². The summed E-state index contributed by atoms with van der Waals surface area (Å²) in [6, 6.07) is 4.64. The van der Waals surface area contributed by atoms with E-state index in [1.807, 2.05) is 0 Å². The second kappa shape index (κ2) is 5.52. The van der Waals surface area contributed by atoms with Gasteiger partial charge in [0.15, 0.2) is 5.92 Å². The molecule has 2 unspecified atom stereocenters. The van der Waals surface area contributed by atoms with Crippen LogP contribution < -0.4 is 5.73 Å². The van der Waals surface area contributed by atoms with E-state index in [0.717, 1.165) is 0 Å². The second-order valence-corrected chi connectivity index (χ2v) is 5.27. The first-order valence-electron chi connectivity index (χ1n) is 6.45. The van der Waals surface area contributed by atoms with Crippen molar-refractivity contribution in [1.82, 2.24) is 0 Å². The smallest absolute Gasteiger partial charge is 0.324 e. The normalized spacial score (nSPS) is 20.4. The van der Waals surface area contributed by atoms with Gasteiger partial charge in [0.2, 0.25) is 5.91 Å². The van der Waals surface area contributed by atoms with Gasteiger partial charge < -0.3 is 19.6 Å².